The highest BCUT2D eigenvalue weighted by Crippen LogP contribution is 2.37. The van der Waals surface area contributed by atoms with Crippen LogP contribution >= 0.6 is 11.3 Å². The Hall–Kier alpha value is -1.85. The van der Waals surface area contributed by atoms with E-state index in [0.717, 1.165) is 50.1 Å². The maximum absolute atomic E-state index is 13.0. The number of carbonyl (C=O) groups is 1. The van der Waals surface area contributed by atoms with E-state index in [1.54, 1.807) is 11.3 Å². The quantitative estimate of drug-likeness (QED) is 0.807. The van der Waals surface area contributed by atoms with Gasteiger partial charge in [-0.25, -0.2) is 0 Å². The molecule has 1 fully saturated rings. The zero-order valence-electron chi connectivity index (χ0n) is 17.0. The lowest BCUT2D eigenvalue weighted by atomic mass is 9.81. The van der Waals surface area contributed by atoms with Crippen LogP contribution in [0.1, 0.15) is 66.2 Å². The van der Waals surface area contributed by atoms with Crippen molar-refractivity contribution in [3.63, 3.8) is 0 Å². The van der Waals surface area contributed by atoms with Crippen LogP contribution < -0.4 is 10.1 Å². The Balaban J connectivity index is 1.41. The van der Waals surface area contributed by atoms with Gasteiger partial charge in [0.25, 0.3) is 5.91 Å². The Morgan fingerprint density at radius 3 is 2.75 bits per heavy atom. The highest BCUT2D eigenvalue weighted by Gasteiger charge is 2.40. The normalized spacial score (nSPS) is 24.5. The average Bonchev–Trinajstić information content (AvgIpc) is 3.12. The molecule has 1 amide bonds. The summed E-state index contributed by atoms with van der Waals surface area (Å²) >= 11 is 1.69. The lowest BCUT2D eigenvalue weighted by molar-refractivity contribution is 0.0102. The van der Waals surface area contributed by atoms with Crippen molar-refractivity contribution in [2.24, 2.45) is 0 Å². The number of nitrogens with zero attached hydrogens (tertiary/aromatic N) is 1. The molecule has 150 valence electrons. The average molecular weight is 399 g/mol. The van der Waals surface area contributed by atoms with E-state index in [0.29, 0.717) is 5.92 Å². The molecule has 0 atom stereocenters. The van der Waals surface area contributed by atoms with Crippen molar-refractivity contribution >= 4 is 17.2 Å². The summed E-state index contributed by atoms with van der Waals surface area (Å²) in [5, 5.41) is 5.57. The fourth-order valence-corrected chi connectivity index (χ4v) is 5.27. The van der Waals surface area contributed by atoms with E-state index in [9.17, 15) is 4.79 Å². The lowest BCUT2D eigenvalue weighted by Crippen LogP contribution is -2.51. The minimum absolute atomic E-state index is 0.148. The van der Waals surface area contributed by atoms with E-state index >= 15 is 0 Å². The van der Waals surface area contributed by atoms with Crippen molar-refractivity contribution in [2.45, 2.75) is 63.6 Å². The van der Waals surface area contributed by atoms with Crippen LogP contribution in [0.5, 0.6) is 5.75 Å². The Bertz CT molecular complexity index is 837. The first-order valence-corrected chi connectivity index (χ1v) is 11.2. The van der Waals surface area contributed by atoms with Gasteiger partial charge in [-0.2, -0.15) is 0 Å². The van der Waals surface area contributed by atoms with E-state index in [4.69, 9.17) is 4.74 Å². The summed E-state index contributed by atoms with van der Waals surface area (Å²) in [6.45, 7) is 6.07. The van der Waals surface area contributed by atoms with Crippen molar-refractivity contribution in [3.05, 3.63) is 51.7 Å². The molecule has 1 N–H and O–H groups in total. The Labute approximate surface area is 171 Å². The number of hydrogen-bond acceptors (Lipinski definition) is 4. The monoisotopic (exact) mass is 398 g/mol. The Morgan fingerprint density at radius 1 is 1.29 bits per heavy atom. The second-order valence-corrected chi connectivity index (χ2v) is 9.48. The van der Waals surface area contributed by atoms with Gasteiger partial charge in [0.1, 0.15) is 11.4 Å². The predicted octanol–water partition coefficient (Wildman–Crippen LogP) is 4.81. The van der Waals surface area contributed by atoms with E-state index in [-0.39, 0.29) is 17.6 Å². The SMILES string of the molecule is CC(C)c1cc(C(=O)N(C)C2CCC3(CC2)CNCc2ccccc2O3)cs1. The molecule has 0 radical (unpaired) electrons. The van der Waals surface area contributed by atoms with Gasteiger partial charge in [-0.1, -0.05) is 32.0 Å². The zero-order valence-corrected chi connectivity index (χ0v) is 17.8. The lowest BCUT2D eigenvalue weighted by Gasteiger charge is -2.42. The van der Waals surface area contributed by atoms with Gasteiger partial charge in [-0.3, -0.25) is 4.79 Å². The number of rotatable bonds is 3. The minimum Gasteiger partial charge on any atom is -0.486 e. The summed E-state index contributed by atoms with van der Waals surface area (Å²) in [6.07, 6.45) is 3.90. The highest BCUT2D eigenvalue weighted by atomic mass is 32.1. The van der Waals surface area contributed by atoms with Gasteiger partial charge < -0.3 is 15.0 Å². The third-order valence-corrected chi connectivity index (χ3v) is 7.47. The van der Waals surface area contributed by atoms with Crippen LogP contribution in [-0.2, 0) is 6.54 Å². The van der Waals surface area contributed by atoms with Gasteiger partial charge in [-0.05, 0) is 43.7 Å². The Kier molecular flexibility index (Phi) is 5.48. The number of amides is 1. The van der Waals surface area contributed by atoms with Gasteiger partial charge in [0, 0.05) is 42.0 Å². The highest BCUT2D eigenvalue weighted by molar-refractivity contribution is 7.10. The van der Waals surface area contributed by atoms with Crippen molar-refractivity contribution in [1.82, 2.24) is 10.2 Å². The summed E-state index contributed by atoms with van der Waals surface area (Å²) in [5.74, 6) is 1.62. The number of carbonyl (C=O) groups excluding carboxylic acids is 1. The number of para-hydroxylation sites is 1. The first-order chi connectivity index (χ1) is 13.5. The number of nitrogens with one attached hydrogen (secondary N) is 1. The van der Waals surface area contributed by atoms with E-state index in [1.807, 2.05) is 23.4 Å². The van der Waals surface area contributed by atoms with Crippen LogP contribution in [0.15, 0.2) is 35.7 Å². The molecule has 1 aromatic carbocycles. The summed E-state index contributed by atoms with van der Waals surface area (Å²) < 4.78 is 6.52. The molecule has 1 aliphatic carbocycles. The van der Waals surface area contributed by atoms with Crippen LogP contribution in [0, 0.1) is 0 Å². The molecule has 4 nitrogen and oxygen atoms in total. The van der Waals surface area contributed by atoms with Crippen molar-refractivity contribution in [2.75, 3.05) is 13.6 Å². The van der Waals surface area contributed by atoms with E-state index < -0.39 is 0 Å². The first-order valence-electron chi connectivity index (χ1n) is 10.3. The topological polar surface area (TPSA) is 41.6 Å². The van der Waals surface area contributed by atoms with Gasteiger partial charge in [0.15, 0.2) is 0 Å². The standard InChI is InChI=1S/C23H30N2O2S/c1-16(2)21-12-18(14-28-21)22(26)25(3)19-8-10-23(11-9-19)15-24-13-17-6-4-5-7-20(17)27-23/h4-7,12,14,16,19,24H,8-11,13,15H2,1-3H3. The third-order valence-electron chi connectivity index (χ3n) is 6.23. The maximum Gasteiger partial charge on any atom is 0.254 e. The van der Waals surface area contributed by atoms with E-state index in [1.165, 1.54) is 10.4 Å². The van der Waals surface area contributed by atoms with Crippen LogP contribution in [0.2, 0.25) is 0 Å². The van der Waals surface area contributed by atoms with Crippen molar-refractivity contribution in [1.29, 1.82) is 0 Å². The van der Waals surface area contributed by atoms with Gasteiger partial charge >= 0.3 is 0 Å². The molecule has 28 heavy (non-hydrogen) atoms. The largest absolute Gasteiger partial charge is 0.486 e. The van der Waals surface area contributed by atoms with Gasteiger partial charge in [0.05, 0.1) is 5.56 Å². The summed E-state index contributed by atoms with van der Waals surface area (Å²) in [6, 6.07) is 10.7. The molecule has 1 spiro atoms. The fourth-order valence-electron chi connectivity index (χ4n) is 4.38. The predicted molar refractivity (Wildman–Crippen MR) is 114 cm³/mol. The third kappa shape index (κ3) is 3.83. The second kappa shape index (κ2) is 7.88. The smallest absolute Gasteiger partial charge is 0.254 e. The van der Waals surface area contributed by atoms with Gasteiger partial charge in [0.2, 0.25) is 0 Å². The first kappa shape index (κ1) is 19.5. The molecule has 0 bridgehead atoms. The number of benzene rings is 1. The molecule has 5 heteroatoms. The number of fused-ring (bicyclic) bond motifs is 1. The summed E-state index contributed by atoms with van der Waals surface area (Å²) in [5.41, 5.74) is 1.91. The number of thiophene rings is 1. The molecule has 1 saturated carbocycles. The van der Waals surface area contributed by atoms with Crippen LogP contribution in [0.3, 0.4) is 0 Å². The second-order valence-electron chi connectivity index (χ2n) is 8.54. The van der Waals surface area contributed by atoms with Crippen LogP contribution in [0.4, 0.5) is 0 Å². The molecule has 0 saturated heterocycles. The maximum atomic E-state index is 13.0. The molecule has 2 aromatic rings. The van der Waals surface area contributed by atoms with Gasteiger partial charge in [-0.15, -0.1) is 11.3 Å². The molecular formula is C23H30N2O2S. The molecule has 2 aliphatic rings. The number of hydrogen-bond donors (Lipinski definition) is 1. The van der Waals surface area contributed by atoms with Crippen molar-refractivity contribution < 1.29 is 9.53 Å². The fraction of sp³-hybridized carbons (Fsp3) is 0.522. The van der Waals surface area contributed by atoms with Crippen molar-refractivity contribution in [3.8, 4) is 5.75 Å². The van der Waals surface area contributed by atoms with Crippen LogP contribution in [0.25, 0.3) is 0 Å². The zero-order chi connectivity index (χ0) is 19.7. The Morgan fingerprint density at radius 2 is 2.04 bits per heavy atom. The summed E-state index contributed by atoms with van der Waals surface area (Å²) in [4.78, 5) is 16.2. The molecule has 1 aromatic heterocycles. The molecule has 4 rings (SSSR count). The molecule has 2 heterocycles. The van der Waals surface area contributed by atoms with E-state index in [2.05, 4.69) is 43.4 Å². The molecule has 1 aliphatic heterocycles. The summed E-state index contributed by atoms with van der Waals surface area (Å²) in [7, 11) is 1.96. The number of ether oxygens (including phenoxy) is 1. The minimum atomic E-state index is -0.153. The molecular weight excluding hydrogens is 368 g/mol. The van der Waals surface area contributed by atoms with Crippen LogP contribution in [-0.4, -0.2) is 36.0 Å². The molecule has 0 unspecified atom stereocenters.